The number of aromatic nitrogens is 2. The van der Waals surface area contributed by atoms with Crippen LogP contribution in [-0.4, -0.2) is 26.8 Å². The number of carboxylic acids is 1. The topological polar surface area (TPSA) is 84.2 Å². The third kappa shape index (κ3) is 3.53. The van der Waals surface area contributed by atoms with E-state index in [0.29, 0.717) is 11.3 Å². The molecule has 1 aromatic heterocycles. The molecule has 2 N–H and O–H groups in total. The highest BCUT2D eigenvalue weighted by Crippen LogP contribution is 2.22. The average Bonchev–Trinajstić information content (AvgIpc) is 2.70. The summed E-state index contributed by atoms with van der Waals surface area (Å²) in [5, 5.41) is 16.2. The van der Waals surface area contributed by atoms with E-state index in [2.05, 4.69) is 10.4 Å². The third-order valence-electron chi connectivity index (χ3n) is 3.58. The van der Waals surface area contributed by atoms with Gasteiger partial charge in [-0.25, -0.2) is 4.79 Å². The second kappa shape index (κ2) is 6.42. The molecule has 0 saturated heterocycles. The van der Waals surface area contributed by atoms with Gasteiger partial charge in [-0.1, -0.05) is 40.9 Å². The summed E-state index contributed by atoms with van der Waals surface area (Å²) in [6.07, 6.45) is 0. The number of hydrogen-bond donors (Lipinski definition) is 2. The molecule has 0 bridgehead atoms. The van der Waals surface area contributed by atoms with Crippen LogP contribution in [0.25, 0.3) is 0 Å². The first-order valence-corrected chi connectivity index (χ1v) is 7.39. The zero-order valence-electron chi connectivity index (χ0n) is 13.3. The van der Waals surface area contributed by atoms with Crippen molar-refractivity contribution in [2.75, 3.05) is 0 Å². The SMILES string of the molecule is Cc1cc(C)cc(C(NC(=O)c2nn(C)c(C)c2Cl)C(=O)O)c1. The highest BCUT2D eigenvalue weighted by atomic mass is 35.5. The zero-order chi connectivity index (χ0) is 17.3. The minimum Gasteiger partial charge on any atom is -0.479 e. The molecule has 2 rings (SSSR count). The van der Waals surface area contributed by atoms with Gasteiger partial charge >= 0.3 is 5.97 Å². The van der Waals surface area contributed by atoms with Crippen LogP contribution in [0.15, 0.2) is 18.2 Å². The number of rotatable bonds is 4. The number of aliphatic carboxylic acids is 1. The highest BCUT2D eigenvalue weighted by molar-refractivity contribution is 6.34. The van der Waals surface area contributed by atoms with Crippen LogP contribution in [0.5, 0.6) is 0 Å². The normalized spacial score (nSPS) is 12.0. The lowest BCUT2D eigenvalue weighted by Crippen LogP contribution is -2.34. The van der Waals surface area contributed by atoms with Gasteiger partial charge in [-0.05, 0) is 26.3 Å². The number of amides is 1. The molecule has 7 heteroatoms. The van der Waals surface area contributed by atoms with E-state index in [1.165, 1.54) is 4.68 Å². The standard InChI is InChI=1S/C16H18ClN3O3/c1-8-5-9(2)7-11(6-8)13(16(22)23)18-15(21)14-12(17)10(3)20(4)19-14/h5-7,13H,1-4H3,(H,18,21)(H,22,23). The second-order valence-corrected chi connectivity index (χ2v) is 5.92. The Kier molecular flexibility index (Phi) is 4.75. The molecule has 0 saturated carbocycles. The summed E-state index contributed by atoms with van der Waals surface area (Å²) in [5.74, 6) is -1.77. The molecule has 122 valence electrons. The first kappa shape index (κ1) is 17.0. The van der Waals surface area contributed by atoms with E-state index in [9.17, 15) is 14.7 Å². The van der Waals surface area contributed by atoms with E-state index >= 15 is 0 Å². The molecule has 2 aromatic rings. The van der Waals surface area contributed by atoms with Crippen molar-refractivity contribution in [1.82, 2.24) is 15.1 Å². The number of nitrogens with zero attached hydrogens (tertiary/aromatic N) is 2. The first-order valence-electron chi connectivity index (χ1n) is 7.01. The number of carbonyl (C=O) groups is 2. The predicted molar refractivity (Wildman–Crippen MR) is 86.7 cm³/mol. The number of carbonyl (C=O) groups excluding carboxylic acids is 1. The van der Waals surface area contributed by atoms with Crippen molar-refractivity contribution in [3.05, 3.63) is 51.3 Å². The summed E-state index contributed by atoms with van der Waals surface area (Å²) in [5.41, 5.74) is 3.00. The van der Waals surface area contributed by atoms with Crippen LogP contribution in [0.1, 0.15) is 38.9 Å². The quantitative estimate of drug-likeness (QED) is 0.899. The maximum atomic E-state index is 12.4. The number of aryl methyl sites for hydroxylation is 3. The fourth-order valence-electron chi connectivity index (χ4n) is 2.39. The van der Waals surface area contributed by atoms with Gasteiger partial charge in [0.2, 0.25) is 0 Å². The Bertz CT molecular complexity index is 763. The van der Waals surface area contributed by atoms with Crippen molar-refractivity contribution in [2.24, 2.45) is 7.05 Å². The lowest BCUT2D eigenvalue weighted by atomic mass is 10.0. The molecule has 1 atom stereocenters. The maximum Gasteiger partial charge on any atom is 0.330 e. The molecule has 1 unspecified atom stereocenters. The van der Waals surface area contributed by atoms with Crippen LogP contribution in [0.4, 0.5) is 0 Å². The van der Waals surface area contributed by atoms with Gasteiger partial charge in [0.15, 0.2) is 11.7 Å². The minimum atomic E-state index is -1.17. The van der Waals surface area contributed by atoms with Crippen molar-refractivity contribution >= 4 is 23.5 Å². The van der Waals surface area contributed by atoms with Gasteiger partial charge < -0.3 is 10.4 Å². The van der Waals surface area contributed by atoms with Gasteiger partial charge in [0.25, 0.3) is 5.91 Å². The summed E-state index contributed by atoms with van der Waals surface area (Å²) in [4.78, 5) is 23.9. The van der Waals surface area contributed by atoms with Gasteiger partial charge in [-0.3, -0.25) is 9.48 Å². The van der Waals surface area contributed by atoms with Gasteiger partial charge in [-0.15, -0.1) is 0 Å². The van der Waals surface area contributed by atoms with E-state index in [4.69, 9.17) is 11.6 Å². The van der Waals surface area contributed by atoms with Crippen molar-refractivity contribution < 1.29 is 14.7 Å². The number of nitrogens with one attached hydrogen (secondary N) is 1. The third-order valence-corrected chi connectivity index (χ3v) is 4.03. The molecule has 1 amide bonds. The Balaban J connectivity index is 2.34. The van der Waals surface area contributed by atoms with Crippen molar-refractivity contribution in [3.8, 4) is 0 Å². The molecular weight excluding hydrogens is 318 g/mol. The van der Waals surface area contributed by atoms with Gasteiger partial charge in [0.05, 0.1) is 10.7 Å². The van der Waals surface area contributed by atoms with E-state index in [0.717, 1.165) is 11.1 Å². The summed E-state index contributed by atoms with van der Waals surface area (Å²) in [6.45, 7) is 5.47. The Morgan fingerprint density at radius 1 is 1.22 bits per heavy atom. The molecule has 1 heterocycles. The lowest BCUT2D eigenvalue weighted by Gasteiger charge is -2.15. The van der Waals surface area contributed by atoms with Crippen LogP contribution < -0.4 is 5.32 Å². The Hall–Kier alpha value is -2.34. The summed E-state index contributed by atoms with van der Waals surface area (Å²) in [6, 6.07) is 4.23. The molecule has 0 aliphatic carbocycles. The molecule has 0 aliphatic rings. The fraction of sp³-hybridized carbons (Fsp3) is 0.312. The lowest BCUT2D eigenvalue weighted by molar-refractivity contribution is -0.139. The molecule has 1 aromatic carbocycles. The first-order chi connectivity index (χ1) is 10.7. The Morgan fingerprint density at radius 3 is 2.22 bits per heavy atom. The summed E-state index contributed by atoms with van der Waals surface area (Å²) < 4.78 is 1.48. The molecule has 0 fully saturated rings. The molecule has 0 aliphatic heterocycles. The molecule has 0 radical (unpaired) electrons. The fourth-order valence-corrected chi connectivity index (χ4v) is 2.64. The smallest absolute Gasteiger partial charge is 0.330 e. The molecule has 0 spiro atoms. The summed E-state index contributed by atoms with van der Waals surface area (Å²) >= 11 is 6.08. The number of benzene rings is 1. The average molecular weight is 336 g/mol. The van der Waals surface area contributed by atoms with E-state index < -0.39 is 17.9 Å². The van der Waals surface area contributed by atoms with Crippen LogP contribution in [-0.2, 0) is 11.8 Å². The predicted octanol–water partition coefficient (Wildman–Crippen LogP) is 2.55. The molecule has 23 heavy (non-hydrogen) atoms. The van der Waals surface area contributed by atoms with E-state index in [1.807, 2.05) is 19.9 Å². The van der Waals surface area contributed by atoms with Crippen LogP contribution in [0, 0.1) is 20.8 Å². The van der Waals surface area contributed by atoms with Gasteiger partial charge in [0.1, 0.15) is 0 Å². The van der Waals surface area contributed by atoms with Gasteiger partial charge in [-0.2, -0.15) is 5.10 Å². The van der Waals surface area contributed by atoms with Crippen LogP contribution in [0.2, 0.25) is 5.02 Å². The summed E-state index contributed by atoms with van der Waals surface area (Å²) in [7, 11) is 1.66. The minimum absolute atomic E-state index is 0.0160. The maximum absolute atomic E-state index is 12.4. The largest absolute Gasteiger partial charge is 0.479 e. The van der Waals surface area contributed by atoms with Crippen molar-refractivity contribution in [1.29, 1.82) is 0 Å². The molecule has 6 nitrogen and oxygen atoms in total. The Morgan fingerprint density at radius 2 is 1.78 bits per heavy atom. The molecular formula is C16H18ClN3O3. The van der Waals surface area contributed by atoms with E-state index in [1.54, 1.807) is 26.1 Å². The van der Waals surface area contributed by atoms with Crippen LogP contribution >= 0.6 is 11.6 Å². The van der Waals surface area contributed by atoms with Gasteiger partial charge in [0, 0.05) is 7.05 Å². The number of halogens is 1. The number of hydrogen-bond acceptors (Lipinski definition) is 3. The number of carboxylic acid groups (broad SMARTS) is 1. The Labute approximate surface area is 139 Å². The van der Waals surface area contributed by atoms with Crippen molar-refractivity contribution in [3.63, 3.8) is 0 Å². The van der Waals surface area contributed by atoms with Crippen molar-refractivity contribution in [2.45, 2.75) is 26.8 Å². The monoisotopic (exact) mass is 335 g/mol. The second-order valence-electron chi connectivity index (χ2n) is 5.54. The van der Waals surface area contributed by atoms with Crippen LogP contribution in [0.3, 0.4) is 0 Å². The van der Waals surface area contributed by atoms with E-state index in [-0.39, 0.29) is 10.7 Å². The zero-order valence-corrected chi connectivity index (χ0v) is 14.1. The highest BCUT2D eigenvalue weighted by Gasteiger charge is 2.26.